The number of benzene rings is 2. The summed E-state index contributed by atoms with van der Waals surface area (Å²) in [6.07, 6.45) is -2.87. The Kier molecular flexibility index (Phi) is 6.68. The van der Waals surface area contributed by atoms with Crippen molar-refractivity contribution in [3.63, 3.8) is 0 Å². The maximum absolute atomic E-state index is 14.3. The molecule has 3 rings (SSSR count). The van der Waals surface area contributed by atoms with Crippen molar-refractivity contribution in [2.24, 2.45) is 0 Å². The highest BCUT2D eigenvalue weighted by atomic mass is 19.3. The van der Waals surface area contributed by atoms with Gasteiger partial charge in [0.1, 0.15) is 11.9 Å². The lowest BCUT2D eigenvalue weighted by molar-refractivity contribution is -0.180. The zero-order valence-corrected chi connectivity index (χ0v) is 16.9. The number of cyclic esters (lactones) is 1. The number of rotatable bonds is 8. The molecule has 0 amide bonds. The molecule has 30 heavy (non-hydrogen) atoms. The standard InChI is InChI=1S/C23H24F4O3/c1-3-5-14-6-7-15(21(25)20(14)24)10-11-23(26,27)30-18-9-8-16-12-17(4-2)29-22(28)19(16)13-18/h6-9,13,17H,3-5,10-12H2,1-2H3. The quantitative estimate of drug-likeness (QED) is 0.384. The van der Waals surface area contributed by atoms with Crippen LogP contribution in [0.5, 0.6) is 5.75 Å². The predicted octanol–water partition coefficient (Wildman–Crippen LogP) is 6.01. The van der Waals surface area contributed by atoms with Crippen LogP contribution >= 0.6 is 0 Å². The van der Waals surface area contributed by atoms with E-state index in [0.29, 0.717) is 25.7 Å². The first kappa shape index (κ1) is 22.1. The smallest absolute Gasteiger partial charge is 0.398 e. The number of ether oxygens (including phenoxy) is 2. The molecule has 1 heterocycles. The van der Waals surface area contributed by atoms with E-state index in [1.165, 1.54) is 24.3 Å². The second kappa shape index (κ2) is 9.06. The van der Waals surface area contributed by atoms with Gasteiger partial charge in [0, 0.05) is 6.42 Å². The lowest BCUT2D eigenvalue weighted by Gasteiger charge is -2.25. The molecule has 0 fully saturated rings. The first-order valence-corrected chi connectivity index (χ1v) is 10.1. The van der Waals surface area contributed by atoms with Crippen molar-refractivity contribution in [1.82, 2.24) is 0 Å². The molecule has 0 saturated heterocycles. The zero-order valence-electron chi connectivity index (χ0n) is 16.9. The summed E-state index contributed by atoms with van der Waals surface area (Å²) in [5, 5.41) is 0. The molecule has 0 radical (unpaired) electrons. The summed E-state index contributed by atoms with van der Waals surface area (Å²) in [7, 11) is 0. The Hall–Kier alpha value is -2.57. The van der Waals surface area contributed by atoms with E-state index in [2.05, 4.69) is 0 Å². The van der Waals surface area contributed by atoms with Crippen LogP contribution in [-0.4, -0.2) is 18.2 Å². The van der Waals surface area contributed by atoms with Crippen LogP contribution < -0.4 is 4.74 Å². The second-order valence-corrected chi connectivity index (χ2v) is 7.46. The third-order valence-electron chi connectivity index (χ3n) is 5.19. The first-order valence-electron chi connectivity index (χ1n) is 10.1. The molecule has 1 aliphatic rings. The van der Waals surface area contributed by atoms with E-state index >= 15 is 0 Å². The molecule has 2 aromatic carbocycles. The van der Waals surface area contributed by atoms with Crippen molar-refractivity contribution in [1.29, 1.82) is 0 Å². The average molecular weight is 424 g/mol. The number of carbonyl (C=O) groups is 1. The van der Waals surface area contributed by atoms with Gasteiger partial charge in [-0.25, -0.2) is 13.6 Å². The Morgan fingerprint density at radius 3 is 2.37 bits per heavy atom. The molecule has 1 unspecified atom stereocenters. The van der Waals surface area contributed by atoms with Gasteiger partial charge < -0.3 is 9.47 Å². The van der Waals surface area contributed by atoms with Crippen LogP contribution in [0.4, 0.5) is 17.6 Å². The number of fused-ring (bicyclic) bond motifs is 1. The fraction of sp³-hybridized carbons (Fsp3) is 0.435. The number of carbonyl (C=O) groups excluding carboxylic acids is 1. The van der Waals surface area contributed by atoms with E-state index in [1.807, 2.05) is 13.8 Å². The molecule has 3 nitrogen and oxygen atoms in total. The molecule has 1 aliphatic heterocycles. The summed E-state index contributed by atoms with van der Waals surface area (Å²) >= 11 is 0. The van der Waals surface area contributed by atoms with E-state index in [1.54, 1.807) is 6.07 Å². The normalized spacial score (nSPS) is 16.2. The van der Waals surface area contributed by atoms with Gasteiger partial charge in [-0.05, 0) is 48.1 Å². The minimum absolute atomic E-state index is 0.129. The molecule has 2 aromatic rings. The van der Waals surface area contributed by atoms with Gasteiger partial charge in [0.2, 0.25) is 0 Å². The monoisotopic (exact) mass is 424 g/mol. The van der Waals surface area contributed by atoms with Gasteiger partial charge in [-0.3, -0.25) is 0 Å². The second-order valence-electron chi connectivity index (χ2n) is 7.46. The number of hydrogen-bond acceptors (Lipinski definition) is 3. The zero-order chi connectivity index (χ0) is 21.9. The minimum atomic E-state index is -3.62. The molecule has 0 bridgehead atoms. The molecule has 0 spiro atoms. The Balaban J connectivity index is 1.68. The Morgan fingerprint density at radius 2 is 1.73 bits per heavy atom. The van der Waals surface area contributed by atoms with Crippen molar-refractivity contribution < 1.29 is 31.8 Å². The number of aryl methyl sites for hydroxylation is 2. The van der Waals surface area contributed by atoms with Crippen molar-refractivity contribution in [2.75, 3.05) is 0 Å². The van der Waals surface area contributed by atoms with Crippen LogP contribution in [-0.2, 0) is 24.0 Å². The van der Waals surface area contributed by atoms with E-state index in [-0.39, 0.29) is 28.5 Å². The molecule has 0 saturated carbocycles. The van der Waals surface area contributed by atoms with E-state index in [0.717, 1.165) is 5.56 Å². The Morgan fingerprint density at radius 1 is 1.07 bits per heavy atom. The van der Waals surface area contributed by atoms with Crippen LogP contribution in [0.25, 0.3) is 0 Å². The lowest BCUT2D eigenvalue weighted by atomic mass is 9.97. The summed E-state index contributed by atoms with van der Waals surface area (Å²) in [4.78, 5) is 12.1. The summed E-state index contributed by atoms with van der Waals surface area (Å²) in [5.41, 5.74) is 1.02. The molecule has 0 aromatic heterocycles. The van der Waals surface area contributed by atoms with Gasteiger partial charge in [-0.2, -0.15) is 8.78 Å². The summed E-state index contributed by atoms with van der Waals surface area (Å²) in [6, 6.07) is 6.94. The van der Waals surface area contributed by atoms with Crippen molar-refractivity contribution in [3.05, 3.63) is 64.2 Å². The number of hydrogen-bond donors (Lipinski definition) is 0. The van der Waals surface area contributed by atoms with Crippen LogP contribution in [0.3, 0.4) is 0 Å². The molecular weight excluding hydrogens is 400 g/mol. The largest absolute Gasteiger partial charge is 0.458 e. The molecule has 1 atom stereocenters. The van der Waals surface area contributed by atoms with Crippen LogP contribution in [0.1, 0.15) is 60.2 Å². The van der Waals surface area contributed by atoms with Gasteiger partial charge in [0.25, 0.3) is 0 Å². The maximum Gasteiger partial charge on any atom is 0.398 e. The number of halogens is 4. The maximum atomic E-state index is 14.3. The predicted molar refractivity (Wildman–Crippen MR) is 104 cm³/mol. The van der Waals surface area contributed by atoms with Gasteiger partial charge in [0.05, 0.1) is 12.0 Å². The molecule has 162 valence electrons. The first-order chi connectivity index (χ1) is 14.2. The summed E-state index contributed by atoms with van der Waals surface area (Å²) in [6.45, 7) is 3.73. The molecule has 0 aliphatic carbocycles. The fourth-order valence-electron chi connectivity index (χ4n) is 3.51. The van der Waals surface area contributed by atoms with Crippen molar-refractivity contribution in [3.8, 4) is 5.75 Å². The highest BCUT2D eigenvalue weighted by Crippen LogP contribution is 2.31. The third kappa shape index (κ3) is 4.94. The summed E-state index contributed by atoms with van der Waals surface area (Å²) < 4.78 is 66.8. The Labute approximate surface area is 173 Å². The average Bonchev–Trinajstić information content (AvgIpc) is 2.71. The number of esters is 1. The lowest BCUT2D eigenvalue weighted by Crippen LogP contribution is -2.28. The third-order valence-corrected chi connectivity index (χ3v) is 5.19. The topological polar surface area (TPSA) is 35.5 Å². The molecular formula is C23H24F4O3. The Bertz CT molecular complexity index is 927. The molecule has 0 N–H and O–H groups in total. The molecule has 7 heteroatoms. The highest BCUT2D eigenvalue weighted by molar-refractivity contribution is 5.92. The van der Waals surface area contributed by atoms with Gasteiger partial charge in [0.15, 0.2) is 11.6 Å². The van der Waals surface area contributed by atoms with E-state index < -0.39 is 36.6 Å². The van der Waals surface area contributed by atoms with Gasteiger partial charge in [-0.15, -0.1) is 0 Å². The number of alkyl halides is 2. The van der Waals surface area contributed by atoms with Crippen molar-refractivity contribution >= 4 is 5.97 Å². The minimum Gasteiger partial charge on any atom is -0.458 e. The van der Waals surface area contributed by atoms with Crippen LogP contribution in [0.15, 0.2) is 30.3 Å². The van der Waals surface area contributed by atoms with Crippen LogP contribution in [0, 0.1) is 11.6 Å². The van der Waals surface area contributed by atoms with E-state index in [9.17, 15) is 22.4 Å². The van der Waals surface area contributed by atoms with Gasteiger partial charge in [-0.1, -0.05) is 38.5 Å². The van der Waals surface area contributed by atoms with Gasteiger partial charge >= 0.3 is 12.1 Å². The van der Waals surface area contributed by atoms with Crippen molar-refractivity contribution in [2.45, 2.75) is 64.6 Å². The van der Waals surface area contributed by atoms with E-state index in [4.69, 9.17) is 9.47 Å². The van der Waals surface area contributed by atoms with Crippen LogP contribution in [0.2, 0.25) is 0 Å². The summed E-state index contributed by atoms with van der Waals surface area (Å²) in [5.74, 6) is -2.84. The fourth-order valence-corrected chi connectivity index (χ4v) is 3.51. The SMILES string of the molecule is CCCc1ccc(CCC(F)(F)Oc2ccc3c(c2)C(=O)OC(CC)C3)c(F)c1F. The highest BCUT2D eigenvalue weighted by Gasteiger charge is 2.33.